The zero-order valence-corrected chi connectivity index (χ0v) is 26.0. The van der Waals surface area contributed by atoms with Crippen LogP contribution in [0.5, 0.6) is 0 Å². The molecular formula is C46H36. The lowest BCUT2D eigenvalue weighted by Gasteiger charge is -2.26. The minimum atomic E-state index is 0.642. The average Bonchev–Trinajstić information content (AvgIpc) is 3.13. The number of benzene rings is 8. The Balaban J connectivity index is 1.24. The molecule has 8 aromatic carbocycles. The van der Waals surface area contributed by atoms with Crippen molar-refractivity contribution >= 4 is 43.1 Å². The molecule has 0 aliphatic heterocycles. The van der Waals surface area contributed by atoms with Crippen LogP contribution in [0.4, 0.5) is 0 Å². The van der Waals surface area contributed by atoms with Crippen LogP contribution < -0.4 is 0 Å². The highest BCUT2D eigenvalue weighted by atomic mass is 14.3. The molecule has 8 aromatic rings. The fourth-order valence-corrected chi connectivity index (χ4v) is 8.26. The lowest BCUT2D eigenvalue weighted by molar-refractivity contribution is 0.444. The molecule has 0 bridgehead atoms. The Hall–Kier alpha value is -5.20. The van der Waals surface area contributed by atoms with E-state index >= 15 is 0 Å². The molecule has 1 saturated carbocycles. The molecular weight excluding hydrogens is 553 g/mol. The molecule has 0 nitrogen and oxygen atoms in total. The zero-order chi connectivity index (χ0) is 30.5. The van der Waals surface area contributed by atoms with Crippen molar-refractivity contribution in [2.75, 3.05) is 0 Å². The molecule has 0 unspecified atom stereocenters. The Bertz CT molecular complexity index is 2330. The Morgan fingerprint density at radius 1 is 0.326 bits per heavy atom. The first-order valence-electron chi connectivity index (χ1n) is 16.9. The fourth-order valence-electron chi connectivity index (χ4n) is 8.26. The SMILES string of the molecule is c1ccc2cc(-c3c4ccccc4c(-c4ccc(-c5c(C6CCCCC6)ccc6ccccc56)cc4)c4ccccc34)ccc2c1. The van der Waals surface area contributed by atoms with Crippen molar-refractivity contribution in [2.24, 2.45) is 0 Å². The summed E-state index contributed by atoms with van der Waals surface area (Å²) in [6.45, 7) is 0. The fraction of sp³-hybridized carbons (Fsp3) is 0.130. The van der Waals surface area contributed by atoms with Gasteiger partial charge in [-0.1, -0.05) is 165 Å². The quantitative estimate of drug-likeness (QED) is 0.179. The van der Waals surface area contributed by atoms with Crippen LogP contribution in [0.2, 0.25) is 0 Å². The Morgan fingerprint density at radius 3 is 1.41 bits per heavy atom. The van der Waals surface area contributed by atoms with E-state index < -0.39 is 0 Å². The number of hydrogen-bond acceptors (Lipinski definition) is 0. The maximum atomic E-state index is 2.42. The molecule has 0 heterocycles. The van der Waals surface area contributed by atoms with Gasteiger partial charge in [-0.2, -0.15) is 0 Å². The van der Waals surface area contributed by atoms with Gasteiger partial charge in [0.05, 0.1) is 0 Å². The number of rotatable bonds is 4. The average molecular weight is 589 g/mol. The van der Waals surface area contributed by atoms with E-state index in [1.807, 2.05) is 0 Å². The number of fused-ring (bicyclic) bond motifs is 4. The summed E-state index contributed by atoms with van der Waals surface area (Å²) >= 11 is 0. The molecule has 0 atom stereocenters. The van der Waals surface area contributed by atoms with Gasteiger partial charge in [-0.05, 0) is 107 Å². The second kappa shape index (κ2) is 11.3. The molecule has 0 radical (unpaired) electrons. The van der Waals surface area contributed by atoms with Gasteiger partial charge in [-0.3, -0.25) is 0 Å². The summed E-state index contributed by atoms with van der Waals surface area (Å²) in [5.74, 6) is 0.642. The van der Waals surface area contributed by atoms with Crippen molar-refractivity contribution in [1.82, 2.24) is 0 Å². The van der Waals surface area contributed by atoms with Gasteiger partial charge in [-0.15, -0.1) is 0 Å². The lowest BCUT2D eigenvalue weighted by atomic mass is 9.79. The second-order valence-corrected chi connectivity index (χ2v) is 13.1. The van der Waals surface area contributed by atoms with Crippen LogP contribution in [0.3, 0.4) is 0 Å². The van der Waals surface area contributed by atoms with Gasteiger partial charge < -0.3 is 0 Å². The molecule has 0 N–H and O–H groups in total. The van der Waals surface area contributed by atoms with E-state index in [4.69, 9.17) is 0 Å². The van der Waals surface area contributed by atoms with Gasteiger partial charge >= 0.3 is 0 Å². The number of hydrogen-bond donors (Lipinski definition) is 0. The predicted molar refractivity (Wildman–Crippen MR) is 199 cm³/mol. The standard InChI is InChI=1S/C46H36/c1-2-13-32(14-3-1)39-29-28-33-15-6-7-17-38(33)44(39)34-23-25-35(26-24-34)45-40-18-8-10-20-42(40)46(43-21-11-9-19-41(43)45)37-27-22-31-12-4-5-16-36(31)30-37/h4-12,15-30,32H,1-3,13-14H2. The third-order valence-corrected chi connectivity index (χ3v) is 10.4. The molecule has 220 valence electrons. The molecule has 0 saturated heterocycles. The molecule has 0 amide bonds. The minimum absolute atomic E-state index is 0.642. The van der Waals surface area contributed by atoms with E-state index in [1.54, 1.807) is 0 Å². The Kier molecular flexibility index (Phi) is 6.67. The highest BCUT2D eigenvalue weighted by Crippen LogP contribution is 2.46. The first-order valence-corrected chi connectivity index (χ1v) is 16.9. The molecule has 0 heteroatoms. The van der Waals surface area contributed by atoms with E-state index in [1.165, 1.54) is 114 Å². The van der Waals surface area contributed by atoms with Crippen molar-refractivity contribution in [3.05, 3.63) is 157 Å². The van der Waals surface area contributed by atoms with Gasteiger partial charge in [0.1, 0.15) is 0 Å². The monoisotopic (exact) mass is 588 g/mol. The highest BCUT2D eigenvalue weighted by Gasteiger charge is 2.22. The van der Waals surface area contributed by atoms with E-state index in [9.17, 15) is 0 Å². The van der Waals surface area contributed by atoms with Crippen LogP contribution >= 0.6 is 0 Å². The third kappa shape index (κ3) is 4.52. The molecule has 1 aliphatic carbocycles. The van der Waals surface area contributed by atoms with Crippen LogP contribution in [-0.4, -0.2) is 0 Å². The van der Waals surface area contributed by atoms with E-state index in [0.717, 1.165) is 0 Å². The summed E-state index contributed by atoms with van der Waals surface area (Å²) in [6, 6.07) is 56.7. The highest BCUT2D eigenvalue weighted by molar-refractivity contribution is 6.21. The zero-order valence-electron chi connectivity index (χ0n) is 26.0. The van der Waals surface area contributed by atoms with Crippen molar-refractivity contribution in [3.8, 4) is 33.4 Å². The largest absolute Gasteiger partial charge is 0.0616 e. The maximum Gasteiger partial charge on any atom is -0.00262 e. The smallest absolute Gasteiger partial charge is 0.00262 e. The lowest BCUT2D eigenvalue weighted by Crippen LogP contribution is -2.06. The van der Waals surface area contributed by atoms with Crippen molar-refractivity contribution in [1.29, 1.82) is 0 Å². The van der Waals surface area contributed by atoms with Crippen LogP contribution in [0.15, 0.2) is 152 Å². The Morgan fingerprint density at radius 2 is 0.783 bits per heavy atom. The molecule has 46 heavy (non-hydrogen) atoms. The molecule has 9 rings (SSSR count). The van der Waals surface area contributed by atoms with E-state index in [0.29, 0.717) is 5.92 Å². The second-order valence-electron chi connectivity index (χ2n) is 13.1. The third-order valence-electron chi connectivity index (χ3n) is 10.4. The van der Waals surface area contributed by atoms with Gasteiger partial charge in [0, 0.05) is 0 Å². The topological polar surface area (TPSA) is 0 Å². The molecule has 0 aromatic heterocycles. The van der Waals surface area contributed by atoms with Gasteiger partial charge in [0.15, 0.2) is 0 Å². The maximum absolute atomic E-state index is 2.42. The predicted octanol–water partition coefficient (Wildman–Crippen LogP) is 13.3. The van der Waals surface area contributed by atoms with E-state index in [-0.39, 0.29) is 0 Å². The normalized spacial score (nSPS) is 14.0. The summed E-state index contributed by atoms with van der Waals surface area (Å²) in [4.78, 5) is 0. The summed E-state index contributed by atoms with van der Waals surface area (Å²) < 4.78 is 0. The van der Waals surface area contributed by atoms with Gasteiger partial charge in [-0.25, -0.2) is 0 Å². The Labute approximate surface area is 271 Å². The van der Waals surface area contributed by atoms with E-state index in [2.05, 4.69) is 152 Å². The van der Waals surface area contributed by atoms with Crippen molar-refractivity contribution < 1.29 is 0 Å². The van der Waals surface area contributed by atoms with Crippen LogP contribution in [0, 0.1) is 0 Å². The summed E-state index contributed by atoms with van der Waals surface area (Å²) in [5, 5.41) is 10.4. The molecule has 0 spiro atoms. The first kappa shape index (κ1) is 27.1. The molecule has 1 aliphatic rings. The minimum Gasteiger partial charge on any atom is -0.0616 e. The molecule has 1 fully saturated rings. The first-order chi connectivity index (χ1) is 22.8. The summed E-state index contributed by atoms with van der Waals surface area (Å²) in [7, 11) is 0. The van der Waals surface area contributed by atoms with Crippen molar-refractivity contribution in [2.45, 2.75) is 38.0 Å². The van der Waals surface area contributed by atoms with Gasteiger partial charge in [0.2, 0.25) is 0 Å². The van der Waals surface area contributed by atoms with Crippen molar-refractivity contribution in [3.63, 3.8) is 0 Å². The van der Waals surface area contributed by atoms with Crippen LogP contribution in [0.25, 0.3) is 76.5 Å². The summed E-state index contributed by atoms with van der Waals surface area (Å²) in [5.41, 5.74) is 9.43. The van der Waals surface area contributed by atoms with Crippen LogP contribution in [0.1, 0.15) is 43.6 Å². The van der Waals surface area contributed by atoms with Crippen LogP contribution in [-0.2, 0) is 0 Å². The summed E-state index contributed by atoms with van der Waals surface area (Å²) in [6.07, 6.45) is 6.64. The van der Waals surface area contributed by atoms with Gasteiger partial charge in [0.25, 0.3) is 0 Å².